The summed E-state index contributed by atoms with van der Waals surface area (Å²) in [4.78, 5) is 14.8. The van der Waals surface area contributed by atoms with Crippen molar-refractivity contribution in [2.75, 3.05) is 31.7 Å². The zero-order valence-electron chi connectivity index (χ0n) is 17.1. The number of hydrogen-bond acceptors (Lipinski definition) is 4. The Morgan fingerprint density at radius 1 is 0.967 bits per heavy atom. The lowest BCUT2D eigenvalue weighted by Gasteiger charge is -2.19. The van der Waals surface area contributed by atoms with Crippen molar-refractivity contribution in [3.05, 3.63) is 89.5 Å². The fourth-order valence-corrected chi connectivity index (χ4v) is 3.72. The Kier molecular flexibility index (Phi) is 6.18. The number of nitrogens with one attached hydrogen (secondary N) is 1. The van der Waals surface area contributed by atoms with Crippen molar-refractivity contribution in [1.82, 2.24) is 5.32 Å². The zero-order valence-corrected chi connectivity index (χ0v) is 17.1. The van der Waals surface area contributed by atoms with Crippen molar-refractivity contribution in [3.8, 4) is 11.5 Å². The average Bonchev–Trinajstić information content (AvgIpc) is 3.20. The van der Waals surface area contributed by atoms with Gasteiger partial charge in [-0.3, -0.25) is 4.79 Å². The van der Waals surface area contributed by atoms with E-state index in [0.717, 1.165) is 19.5 Å². The summed E-state index contributed by atoms with van der Waals surface area (Å²) < 4.78 is 10.9. The first-order valence-electron chi connectivity index (χ1n) is 10.2. The molecule has 0 radical (unpaired) electrons. The van der Waals surface area contributed by atoms with E-state index in [1.165, 1.54) is 16.8 Å². The van der Waals surface area contributed by atoms with Gasteiger partial charge in [0.25, 0.3) is 5.91 Å². The molecular weight excluding hydrogens is 376 g/mol. The summed E-state index contributed by atoms with van der Waals surface area (Å²) in [5, 5.41) is 2.90. The molecule has 0 spiro atoms. The zero-order chi connectivity index (χ0) is 20.8. The van der Waals surface area contributed by atoms with Crippen LogP contribution in [0, 0.1) is 0 Å². The smallest absolute Gasteiger partial charge is 0.251 e. The Morgan fingerprint density at radius 3 is 2.50 bits per heavy atom. The molecule has 3 aromatic carbocycles. The third-order valence-corrected chi connectivity index (χ3v) is 5.29. The first kappa shape index (κ1) is 19.8. The van der Waals surface area contributed by atoms with E-state index in [-0.39, 0.29) is 5.91 Å². The van der Waals surface area contributed by atoms with E-state index in [0.29, 0.717) is 30.2 Å². The van der Waals surface area contributed by atoms with Crippen molar-refractivity contribution >= 4 is 11.6 Å². The maximum absolute atomic E-state index is 12.4. The summed E-state index contributed by atoms with van der Waals surface area (Å²) in [7, 11) is 1.61. The molecule has 0 bridgehead atoms. The molecular formula is C25H26N2O3. The summed E-state index contributed by atoms with van der Waals surface area (Å²) in [5.74, 6) is 1.25. The number of carbonyl (C=O) groups is 1. The van der Waals surface area contributed by atoms with Crippen LogP contribution < -0.4 is 19.7 Å². The number of ether oxygens (including phenoxy) is 2. The summed E-state index contributed by atoms with van der Waals surface area (Å²) >= 11 is 0. The van der Waals surface area contributed by atoms with Crippen molar-refractivity contribution in [2.45, 2.75) is 13.0 Å². The van der Waals surface area contributed by atoms with Gasteiger partial charge in [0.2, 0.25) is 0 Å². The quantitative estimate of drug-likeness (QED) is 0.577. The molecule has 0 aliphatic carbocycles. The second-order valence-corrected chi connectivity index (χ2v) is 7.25. The van der Waals surface area contributed by atoms with E-state index < -0.39 is 0 Å². The Bertz CT molecular complexity index is 1000. The van der Waals surface area contributed by atoms with E-state index in [9.17, 15) is 4.79 Å². The summed E-state index contributed by atoms with van der Waals surface area (Å²) in [6.07, 6.45) is 1.09. The molecule has 5 nitrogen and oxygen atoms in total. The normalized spacial score (nSPS) is 12.4. The second-order valence-electron chi connectivity index (χ2n) is 7.25. The molecule has 0 saturated carbocycles. The number of carbonyl (C=O) groups excluding carboxylic acids is 1. The van der Waals surface area contributed by atoms with E-state index in [4.69, 9.17) is 9.47 Å². The molecule has 0 saturated heterocycles. The highest BCUT2D eigenvalue weighted by atomic mass is 16.5. The van der Waals surface area contributed by atoms with Crippen LogP contribution in [0.4, 0.5) is 5.69 Å². The Morgan fingerprint density at radius 2 is 1.70 bits per heavy atom. The van der Waals surface area contributed by atoms with Gasteiger partial charge in [0.1, 0.15) is 6.61 Å². The van der Waals surface area contributed by atoms with Gasteiger partial charge in [-0.25, -0.2) is 0 Å². The molecule has 30 heavy (non-hydrogen) atoms. The number of nitrogens with zero attached hydrogens (tertiary/aromatic N) is 1. The number of benzene rings is 3. The van der Waals surface area contributed by atoms with Crippen molar-refractivity contribution in [2.24, 2.45) is 0 Å². The largest absolute Gasteiger partial charge is 0.493 e. The molecule has 3 aromatic rings. The monoisotopic (exact) mass is 402 g/mol. The minimum absolute atomic E-state index is 0.100. The van der Waals surface area contributed by atoms with Crippen molar-refractivity contribution in [3.63, 3.8) is 0 Å². The van der Waals surface area contributed by atoms with Crippen LogP contribution in [0.5, 0.6) is 11.5 Å². The highest BCUT2D eigenvalue weighted by molar-refractivity contribution is 5.94. The lowest BCUT2D eigenvalue weighted by atomic mass is 10.1. The molecule has 1 heterocycles. The number of amides is 1. The minimum Gasteiger partial charge on any atom is -0.493 e. The van der Waals surface area contributed by atoms with Gasteiger partial charge in [-0.05, 0) is 47.9 Å². The predicted octanol–water partition coefficient (Wildman–Crippen LogP) is 4.07. The van der Waals surface area contributed by atoms with E-state index in [1.807, 2.05) is 48.5 Å². The van der Waals surface area contributed by atoms with Gasteiger partial charge in [-0.2, -0.15) is 0 Å². The molecule has 1 N–H and O–H groups in total. The predicted molar refractivity (Wildman–Crippen MR) is 118 cm³/mol. The van der Waals surface area contributed by atoms with E-state index in [2.05, 4.69) is 34.5 Å². The molecule has 0 unspecified atom stereocenters. The maximum atomic E-state index is 12.4. The topological polar surface area (TPSA) is 50.8 Å². The van der Waals surface area contributed by atoms with Crippen LogP contribution in [0.25, 0.3) is 0 Å². The SMILES string of the molecule is COc1ccccc1OCCNC(=O)c1ccc(CN2CCc3ccccc32)cc1. The first-order valence-corrected chi connectivity index (χ1v) is 10.2. The van der Waals surface area contributed by atoms with Crippen LogP contribution in [0.15, 0.2) is 72.8 Å². The molecule has 1 aliphatic heterocycles. The number of anilines is 1. The first-order chi connectivity index (χ1) is 14.7. The highest BCUT2D eigenvalue weighted by Gasteiger charge is 2.18. The van der Waals surface area contributed by atoms with Gasteiger partial charge < -0.3 is 19.7 Å². The molecule has 5 heteroatoms. The number of hydrogen-bond donors (Lipinski definition) is 1. The third kappa shape index (κ3) is 4.57. The van der Waals surface area contributed by atoms with Gasteiger partial charge in [0, 0.05) is 24.3 Å². The van der Waals surface area contributed by atoms with Gasteiger partial charge in [-0.1, -0.05) is 42.5 Å². The Labute approximate surface area is 177 Å². The number of rotatable bonds is 8. The molecule has 1 aliphatic rings. The molecule has 0 aromatic heterocycles. The standard InChI is InChI=1S/C25H26N2O3/c1-29-23-8-4-5-9-24(23)30-17-15-26-25(28)21-12-10-19(11-13-21)18-27-16-14-20-6-2-3-7-22(20)27/h2-13H,14-18H2,1H3,(H,26,28). The fraction of sp³-hybridized carbons (Fsp3) is 0.240. The molecule has 0 atom stereocenters. The lowest BCUT2D eigenvalue weighted by molar-refractivity contribution is 0.0947. The maximum Gasteiger partial charge on any atom is 0.251 e. The second kappa shape index (κ2) is 9.35. The van der Waals surface area contributed by atoms with Gasteiger partial charge in [0.15, 0.2) is 11.5 Å². The highest BCUT2D eigenvalue weighted by Crippen LogP contribution is 2.29. The van der Waals surface area contributed by atoms with Crippen LogP contribution in [-0.4, -0.2) is 32.7 Å². The number of para-hydroxylation sites is 3. The van der Waals surface area contributed by atoms with Crippen LogP contribution >= 0.6 is 0 Å². The van der Waals surface area contributed by atoms with Crippen LogP contribution in [0.1, 0.15) is 21.5 Å². The molecule has 4 rings (SSSR count). The Hall–Kier alpha value is -3.47. The average molecular weight is 402 g/mol. The minimum atomic E-state index is -0.100. The number of fused-ring (bicyclic) bond motifs is 1. The summed E-state index contributed by atoms with van der Waals surface area (Å²) in [5.41, 5.74) is 4.57. The van der Waals surface area contributed by atoms with Crippen molar-refractivity contribution < 1.29 is 14.3 Å². The summed E-state index contributed by atoms with van der Waals surface area (Å²) in [6, 6.07) is 23.8. The van der Waals surface area contributed by atoms with Gasteiger partial charge in [0.05, 0.1) is 13.7 Å². The van der Waals surface area contributed by atoms with Gasteiger partial charge in [-0.15, -0.1) is 0 Å². The lowest BCUT2D eigenvalue weighted by Crippen LogP contribution is -2.28. The van der Waals surface area contributed by atoms with Crippen molar-refractivity contribution in [1.29, 1.82) is 0 Å². The molecule has 1 amide bonds. The number of methoxy groups -OCH3 is 1. The van der Waals surface area contributed by atoms with Gasteiger partial charge >= 0.3 is 0 Å². The van der Waals surface area contributed by atoms with Crippen LogP contribution in [-0.2, 0) is 13.0 Å². The molecule has 0 fully saturated rings. The van der Waals surface area contributed by atoms with Crippen LogP contribution in [0.3, 0.4) is 0 Å². The van der Waals surface area contributed by atoms with E-state index in [1.54, 1.807) is 7.11 Å². The molecule has 154 valence electrons. The van der Waals surface area contributed by atoms with E-state index >= 15 is 0 Å². The third-order valence-electron chi connectivity index (χ3n) is 5.29. The van der Waals surface area contributed by atoms with Crippen LogP contribution in [0.2, 0.25) is 0 Å². The summed E-state index contributed by atoms with van der Waals surface area (Å²) in [6.45, 7) is 2.68. The fourth-order valence-electron chi connectivity index (χ4n) is 3.72. The Balaban J connectivity index is 1.26.